The van der Waals surface area contributed by atoms with Gasteiger partial charge in [0.2, 0.25) is 11.1 Å². The number of ether oxygens (including phenoxy) is 1. The molecule has 0 bridgehead atoms. The highest BCUT2D eigenvalue weighted by Crippen LogP contribution is 2.38. The van der Waals surface area contributed by atoms with Crippen LogP contribution in [0.2, 0.25) is 0 Å². The highest BCUT2D eigenvalue weighted by atomic mass is 32.2. The molecule has 2 N–H and O–H groups in total. The zero-order valence-corrected chi connectivity index (χ0v) is 23.7. The van der Waals surface area contributed by atoms with E-state index in [4.69, 9.17) is 9.84 Å². The smallest absolute Gasteiger partial charge is 0.255 e. The third kappa shape index (κ3) is 5.71. The summed E-state index contributed by atoms with van der Waals surface area (Å²) in [6.45, 7) is 10.6. The van der Waals surface area contributed by atoms with Gasteiger partial charge in [0.15, 0.2) is 0 Å². The second-order valence-electron chi connectivity index (χ2n) is 9.71. The summed E-state index contributed by atoms with van der Waals surface area (Å²) in [5, 5.41) is 11.9. The lowest BCUT2D eigenvalue weighted by molar-refractivity contribution is -0.113. The summed E-state index contributed by atoms with van der Waals surface area (Å²) >= 11 is 1.57. The van der Waals surface area contributed by atoms with E-state index >= 15 is 0 Å². The SMILES string of the molecule is CCSc1nc2n(n1)C(c1cccc(OCc3ccc(C)cc3)c1)C(C(=O)Nc1cccc(C)c1C)=C(C)N2. The topological polar surface area (TPSA) is 81.1 Å². The molecule has 0 saturated heterocycles. The molecule has 0 saturated carbocycles. The average Bonchev–Trinajstić information content (AvgIpc) is 3.32. The number of nitrogens with one attached hydrogen (secondary N) is 2. The number of amides is 1. The van der Waals surface area contributed by atoms with Gasteiger partial charge in [0.25, 0.3) is 5.91 Å². The second-order valence-corrected chi connectivity index (χ2v) is 10.9. The summed E-state index contributed by atoms with van der Waals surface area (Å²) in [6.07, 6.45) is 0. The minimum absolute atomic E-state index is 0.185. The van der Waals surface area contributed by atoms with Gasteiger partial charge in [-0.1, -0.05) is 72.8 Å². The number of anilines is 2. The minimum atomic E-state index is -0.479. The lowest BCUT2D eigenvalue weighted by Gasteiger charge is -2.29. The molecule has 0 aliphatic carbocycles. The van der Waals surface area contributed by atoms with Gasteiger partial charge in [-0.05, 0) is 73.9 Å². The van der Waals surface area contributed by atoms with Gasteiger partial charge in [-0.25, -0.2) is 4.68 Å². The van der Waals surface area contributed by atoms with Gasteiger partial charge in [0.05, 0.1) is 5.57 Å². The molecule has 8 heteroatoms. The number of nitrogens with zero attached hydrogens (tertiary/aromatic N) is 3. The third-order valence-corrected chi connectivity index (χ3v) is 7.62. The molecule has 3 aromatic carbocycles. The van der Waals surface area contributed by atoms with E-state index in [0.29, 0.717) is 23.3 Å². The molecule has 200 valence electrons. The summed E-state index contributed by atoms with van der Waals surface area (Å²) in [4.78, 5) is 18.6. The molecule has 2 heterocycles. The maximum Gasteiger partial charge on any atom is 0.255 e. The first-order valence-corrected chi connectivity index (χ1v) is 14.1. The number of allylic oxidation sites excluding steroid dienone is 1. The van der Waals surface area contributed by atoms with Gasteiger partial charge in [-0.15, -0.1) is 5.10 Å². The third-order valence-electron chi connectivity index (χ3n) is 6.90. The minimum Gasteiger partial charge on any atom is -0.489 e. The molecule has 1 unspecified atom stereocenters. The average molecular weight is 540 g/mol. The molecule has 5 rings (SSSR count). The molecular formula is C31H33N5O2S. The molecular weight excluding hydrogens is 506 g/mol. The number of carbonyl (C=O) groups excluding carboxylic acids is 1. The summed E-state index contributed by atoms with van der Waals surface area (Å²) in [6, 6.07) is 21.6. The Kier molecular flexibility index (Phi) is 7.74. The number of benzene rings is 3. The number of hydrogen-bond acceptors (Lipinski definition) is 6. The van der Waals surface area contributed by atoms with Crippen molar-refractivity contribution in [2.24, 2.45) is 0 Å². The Labute approximate surface area is 233 Å². The predicted molar refractivity (Wildman–Crippen MR) is 157 cm³/mol. The summed E-state index contributed by atoms with van der Waals surface area (Å²) < 4.78 is 7.97. The zero-order valence-electron chi connectivity index (χ0n) is 22.9. The van der Waals surface area contributed by atoms with Crippen molar-refractivity contribution in [3.8, 4) is 5.75 Å². The van der Waals surface area contributed by atoms with Crippen LogP contribution in [0.1, 0.15) is 47.7 Å². The van der Waals surface area contributed by atoms with Crippen LogP contribution >= 0.6 is 11.8 Å². The summed E-state index contributed by atoms with van der Waals surface area (Å²) in [5.74, 6) is 2.00. The van der Waals surface area contributed by atoms with Gasteiger partial charge in [-0.3, -0.25) is 4.79 Å². The molecule has 0 radical (unpaired) electrons. The second kappa shape index (κ2) is 11.4. The fraction of sp³-hybridized carbons (Fsp3) is 0.258. The van der Waals surface area contributed by atoms with Crippen LogP contribution in [0.3, 0.4) is 0 Å². The van der Waals surface area contributed by atoms with E-state index in [0.717, 1.165) is 45.1 Å². The summed E-state index contributed by atoms with van der Waals surface area (Å²) in [5.41, 5.74) is 7.47. The van der Waals surface area contributed by atoms with Crippen molar-refractivity contribution >= 4 is 29.3 Å². The number of hydrogen-bond donors (Lipinski definition) is 2. The number of thioether (sulfide) groups is 1. The number of aromatic nitrogens is 3. The Bertz CT molecular complexity index is 1540. The van der Waals surface area contributed by atoms with E-state index in [1.165, 1.54) is 5.56 Å². The van der Waals surface area contributed by atoms with E-state index in [2.05, 4.69) is 53.7 Å². The first-order valence-electron chi connectivity index (χ1n) is 13.1. The zero-order chi connectivity index (χ0) is 27.5. The first kappa shape index (κ1) is 26.6. The Morgan fingerprint density at radius 1 is 1.05 bits per heavy atom. The van der Waals surface area contributed by atoms with Crippen LogP contribution in [0.25, 0.3) is 0 Å². The van der Waals surface area contributed by atoms with Crippen molar-refractivity contribution in [3.63, 3.8) is 0 Å². The van der Waals surface area contributed by atoms with E-state index in [1.807, 2.05) is 67.9 Å². The van der Waals surface area contributed by atoms with Crippen molar-refractivity contribution in [1.29, 1.82) is 0 Å². The van der Waals surface area contributed by atoms with Crippen LogP contribution in [0, 0.1) is 20.8 Å². The van der Waals surface area contributed by atoms with Crippen LogP contribution in [0.15, 0.2) is 83.2 Å². The number of fused-ring (bicyclic) bond motifs is 1. The van der Waals surface area contributed by atoms with E-state index in [-0.39, 0.29) is 5.91 Å². The van der Waals surface area contributed by atoms with Crippen LogP contribution in [0.5, 0.6) is 5.75 Å². The van der Waals surface area contributed by atoms with Crippen LogP contribution in [0.4, 0.5) is 11.6 Å². The number of rotatable bonds is 8. The molecule has 1 aromatic heterocycles. The van der Waals surface area contributed by atoms with Crippen molar-refractivity contribution < 1.29 is 9.53 Å². The Hall–Kier alpha value is -4.04. The largest absolute Gasteiger partial charge is 0.489 e. The maximum absolute atomic E-state index is 13.9. The van der Waals surface area contributed by atoms with Gasteiger partial charge in [0, 0.05) is 11.4 Å². The van der Waals surface area contributed by atoms with Crippen molar-refractivity contribution in [1.82, 2.24) is 14.8 Å². The van der Waals surface area contributed by atoms with Crippen LogP contribution < -0.4 is 15.4 Å². The lowest BCUT2D eigenvalue weighted by atomic mass is 9.94. The van der Waals surface area contributed by atoms with E-state index < -0.39 is 6.04 Å². The standard InChI is InChI=1S/C31H33N5O2S/c1-6-39-31-34-30-32-22(5)27(29(37)33-26-12-7-9-20(3)21(26)4)28(36(30)35-31)24-10-8-11-25(17-24)38-18-23-15-13-19(2)14-16-23/h7-17,28H,6,18H2,1-5H3,(H,33,37)(H,32,34,35). The molecule has 0 fully saturated rings. The van der Waals surface area contributed by atoms with Gasteiger partial charge < -0.3 is 15.4 Å². The molecule has 0 spiro atoms. The van der Waals surface area contributed by atoms with Crippen molar-refractivity contribution in [2.45, 2.75) is 52.4 Å². The molecule has 1 atom stereocenters. The van der Waals surface area contributed by atoms with E-state index in [1.54, 1.807) is 11.8 Å². The predicted octanol–water partition coefficient (Wildman–Crippen LogP) is 6.82. The lowest BCUT2D eigenvalue weighted by Crippen LogP contribution is -2.31. The normalized spacial score (nSPS) is 14.5. The molecule has 7 nitrogen and oxygen atoms in total. The quantitative estimate of drug-likeness (QED) is 0.239. The van der Waals surface area contributed by atoms with Crippen LogP contribution in [-0.4, -0.2) is 26.4 Å². The first-order chi connectivity index (χ1) is 18.8. The van der Waals surface area contributed by atoms with Crippen molar-refractivity contribution in [2.75, 3.05) is 16.4 Å². The maximum atomic E-state index is 13.9. The number of aryl methyl sites for hydroxylation is 2. The highest BCUT2D eigenvalue weighted by Gasteiger charge is 2.34. The van der Waals surface area contributed by atoms with Crippen molar-refractivity contribution in [3.05, 3.63) is 106 Å². The fourth-order valence-corrected chi connectivity index (χ4v) is 5.18. The van der Waals surface area contributed by atoms with Crippen LogP contribution in [-0.2, 0) is 11.4 Å². The van der Waals surface area contributed by atoms with Gasteiger partial charge in [0.1, 0.15) is 18.4 Å². The highest BCUT2D eigenvalue weighted by molar-refractivity contribution is 7.99. The molecule has 1 aliphatic rings. The molecule has 1 aliphatic heterocycles. The molecule has 1 amide bonds. The Morgan fingerprint density at radius 3 is 2.59 bits per heavy atom. The van der Waals surface area contributed by atoms with Gasteiger partial charge in [-0.2, -0.15) is 4.98 Å². The Morgan fingerprint density at radius 2 is 1.82 bits per heavy atom. The van der Waals surface area contributed by atoms with Gasteiger partial charge >= 0.3 is 0 Å². The van der Waals surface area contributed by atoms with E-state index in [9.17, 15) is 4.79 Å². The number of carbonyl (C=O) groups is 1. The Balaban J connectivity index is 1.51. The monoisotopic (exact) mass is 539 g/mol. The fourth-order valence-electron chi connectivity index (χ4n) is 4.63. The summed E-state index contributed by atoms with van der Waals surface area (Å²) in [7, 11) is 0. The molecule has 4 aromatic rings. The molecule has 39 heavy (non-hydrogen) atoms.